The van der Waals surface area contributed by atoms with Gasteiger partial charge in [0.2, 0.25) is 15.9 Å². The third-order valence-corrected chi connectivity index (χ3v) is 8.57. The van der Waals surface area contributed by atoms with Gasteiger partial charge in [0.25, 0.3) is 0 Å². The van der Waals surface area contributed by atoms with Crippen molar-refractivity contribution in [3.8, 4) is 0 Å². The van der Waals surface area contributed by atoms with Gasteiger partial charge >= 0.3 is 0 Å². The zero-order valence-electron chi connectivity index (χ0n) is 17.5. The summed E-state index contributed by atoms with van der Waals surface area (Å²) in [5.41, 5.74) is 0. The summed E-state index contributed by atoms with van der Waals surface area (Å²) in [5.74, 6) is 0.360. The van der Waals surface area contributed by atoms with Crippen LogP contribution in [-0.4, -0.2) is 73.7 Å². The molecule has 1 aromatic rings. The number of hydrogen-bond donors (Lipinski definition) is 0. The second kappa shape index (κ2) is 9.32. The molecule has 4 rings (SSSR count). The van der Waals surface area contributed by atoms with Gasteiger partial charge in [-0.15, -0.1) is 0 Å². The Morgan fingerprint density at radius 1 is 0.967 bits per heavy atom. The van der Waals surface area contributed by atoms with E-state index in [1.54, 1.807) is 4.90 Å². The Hall–Kier alpha value is -1.51. The van der Waals surface area contributed by atoms with Crippen molar-refractivity contribution in [2.24, 2.45) is 5.92 Å². The Labute approximate surface area is 179 Å². The molecule has 1 heterocycles. The fraction of sp³-hybridized carbons (Fsp3) is 0.682. The highest BCUT2D eigenvalue weighted by Crippen LogP contribution is 2.31. The van der Waals surface area contributed by atoms with Crippen LogP contribution in [0.4, 0.5) is 4.39 Å². The second-order valence-corrected chi connectivity index (χ2v) is 10.8. The molecule has 0 N–H and O–H groups in total. The normalized spacial score (nSPS) is 21.9. The van der Waals surface area contributed by atoms with Gasteiger partial charge in [0.05, 0.1) is 11.4 Å². The molecule has 166 valence electrons. The minimum absolute atomic E-state index is 0.0936. The average molecular weight is 438 g/mol. The third kappa shape index (κ3) is 5.21. The number of piperazine rings is 1. The van der Waals surface area contributed by atoms with Crippen molar-refractivity contribution in [3.05, 3.63) is 30.1 Å². The first-order valence-corrected chi connectivity index (χ1v) is 12.6. The Morgan fingerprint density at radius 2 is 1.60 bits per heavy atom. The number of halogens is 1. The number of hydrogen-bond acceptors (Lipinski definition) is 4. The lowest BCUT2D eigenvalue weighted by Crippen LogP contribution is -2.53. The van der Waals surface area contributed by atoms with E-state index in [0.717, 1.165) is 18.7 Å². The van der Waals surface area contributed by atoms with E-state index in [1.165, 1.54) is 61.4 Å². The van der Waals surface area contributed by atoms with E-state index in [1.807, 2.05) is 0 Å². The van der Waals surface area contributed by atoms with Crippen LogP contribution in [0.2, 0.25) is 0 Å². The van der Waals surface area contributed by atoms with Gasteiger partial charge in [-0.1, -0.05) is 19.3 Å². The summed E-state index contributed by atoms with van der Waals surface area (Å²) in [6, 6.07) is 5.45. The van der Waals surface area contributed by atoms with Gasteiger partial charge in [-0.2, -0.15) is 4.31 Å². The van der Waals surface area contributed by atoms with Crippen molar-refractivity contribution in [2.75, 3.05) is 39.3 Å². The first kappa shape index (κ1) is 21.7. The maximum Gasteiger partial charge on any atom is 0.243 e. The van der Waals surface area contributed by atoms with Gasteiger partial charge in [0.1, 0.15) is 5.82 Å². The summed E-state index contributed by atoms with van der Waals surface area (Å²) in [4.78, 5) is 17.2. The number of carbonyl (C=O) groups excluding carboxylic acids is 1. The zero-order chi connectivity index (χ0) is 21.1. The van der Waals surface area contributed by atoms with Crippen molar-refractivity contribution < 1.29 is 17.6 Å². The third-order valence-electron chi connectivity index (χ3n) is 6.66. The van der Waals surface area contributed by atoms with Crippen molar-refractivity contribution in [2.45, 2.75) is 55.9 Å². The predicted octanol–water partition coefficient (Wildman–Crippen LogP) is 2.70. The lowest BCUT2D eigenvalue weighted by molar-refractivity contribution is -0.134. The Balaban J connectivity index is 1.30. The maximum atomic E-state index is 13.1. The minimum atomic E-state index is -3.66. The molecule has 30 heavy (non-hydrogen) atoms. The van der Waals surface area contributed by atoms with Crippen molar-refractivity contribution in [3.63, 3.8) is 0 Å². The maximum absolute atomic E-state index is 13.1. The molecule has 2 saturated carbocycles. The van der Waals surface area contributed by atoms with E-state index in [2.05, 4.69) is 4.90 Å². The topological polar surface area (TPSA) is 60.9 Å². The van der Waals surface area contributed by atoms with Gasteiger partial charge < -0.3 is 4.90 Å². The molecule has 0 aromatic heterocycles. The molecule has 1 saturated heterocycles. The molecule has 8 heteroatoms. The summed E-state index contributed by atoms with van der Waals surface area (Å²) in [7, 11) is -3.66. The number of benzene rings is 1. The lowest BCUT2D eigenvalue weighted by atomic mass is 9.89. The highest BCUT2D eigenvalue weighted by Gasteiger charge is 2.35. The molecule has 1 amide bonds. The summed E-state index contributed by atoms with van der Waals surface area (Å²) >= 11 is 0. The molecule has 3 fully saturated rings. The SMILES string of the molecule is O=C(CN(CC1CCCCC1)C1CC1)N1CCN(S(=O)(=O)c2ccc(F)cc2)CC1. The Bertz CT molecular complexity index is 828. The molecule has 6 nitrogen and oxygen atoms in total. The van der Waals surface area contributed by atoms with Crippen LogP contribution in [0.5, 0.6) is 0 Å². The van der Waals surface area contributed by atoms with E-state index in [0.29, 0.717) is 31.6 Å². The summed E-state index contributed by atoms with van der Waals surface area (Å²) < 4.78 is 40.0. The highest BCUT2D eigenvalue weighted by atomic mass is 32.2. The molecule has 3 aliphatic rings. The fourth-order valence-electron chi connectivity index (χ4n) is 4.69. The number of sulfonamides is 1. The lowest BCUT2D eigenvalue weighted by Gasteiger charge is -2.36. The minimum Gasteiger partial charge on any atom is -0.339 e. The van der Waals surface area contributed by atoms with Crippen molar-refractivity contribution in [1.29, 1.82) is 0 Å². The Kier molecular flexibility index (Phi) is 6.75. The summed E-state index contributed by atoms with van der Waals surface area (Å²) in [5, 5.41) is 0. The van der Waals surface area contributed by atoms with E-state index in [9.17, 15) is 17.6 Å². The van der Waals surface area contributed by atoms with Crippen molar-refractivity contribution in [1.82, 2.24) is 14.1 Å². The number of rotatable bonds is 7. The standard InChI is InChI=1S/C22H32FN3O3S/c23-19-6-10-21(11-7-19)30(28,29)26-14-12-24(13-15-26)22(27)17-25(20-8-9-20)16-18-4-2-1-3-5-18/h6-7,10-11,18,20H,1-5,8-9,12-17H2. The molecule has 0 radical (unpaired) electrons. The van der Waals surface area contributed by atoms with Gasteiger partial charge in [0, 0.05) is 38.8 Å². The predicted molar refractivity (Wildman–Crippen MR) is 113 cm³/mol. The van der Waals surface area contributed by atoms with Gasteiger partial charge in [-0.25, -0.2) is 12.8 Å². The fourth-order valence-corrected chi connectivity index (χ4v) is 6.11. The molecule has 2 aliphatic carbocycles. The first-order valence-electron chi connectivity index (χ1n) is 11.2. The first-order chi connectivity index (χ1) is 14.4. The monoisotopic (exact) mass is 437 g/mol. The quantitative estimate of drug-likeness (QED) is 0.658. The largest absolute Gasteiger partial charge is 0.339 e. The van der Waals surface area contributed by atoms with E-state index >= 15 is 0 Å². The Morgan fingerprint density at radius 3 is 2.20 bits per heavy atom. The highest BCUT2D eigenvalue weighted by molar-refractivity contribution is 7.89. The summed E-state index contributed by atoms with van der Waals surface area (Å²) in [6.07, 6.45) is 8.87. The van der Waals surface area contributed by atoms with Crippen molar-refractivity contribution >= 4 is 15.9 Å². The van der Waals surface area contributed by atoms with Crippen LogP contribution >= 0.6 is 0 Å². The zero-order valence-corrected chi connectivity index (χ0v) is 18.3. The van der Waals surface area contributed by atoms with Gasteiger partial charge in [-0.3, -0.25) is 9.69 Å². The molecule has 1 aromatic carbocycles. The van der Waals surface area contributed by atoms with E-state index in [-0.39, 0.29) is 23.9 Å². The second-order valence-electron chi connectivity index (χ2n) is 8.90. The number of carbonyl (C=O) groups is 1. The molecule has 0 atom stereocenters. The van der Waals surface area contributed by atoms with E-state index in [4.69, 9.17) is 0 Å². The molecular weight excluding hydrogens is 405 g/mol. The van der Waals surface area contributed by atoms with Gasteiger partial charge in [0.15, 0.2) is 0 Å². The summed E-state index contributed by atoms with van der Waals surface area (Å²) in [6.45, 7) is 2.83. The number of amides is 1. The smallest absolute Gasteiger partial charge is 0.243 e. The molecule has 1 aliphatic heterocycles. The molecule has 0 unspecified atom stereocenters. The van der Waals surface area contributed by atoms with Crippen LogP contribution in [0.25, 0.3) is 0 Å². The average Bonchev–Trinajstić information content (AvgIpc) is 3.60. The van der Waals surface area contributed by atoms with E-state index < -0.39 is 15.8 Å². The van der Waals surface area contributed by atoms with Crippen LogP contribution in [0.1, 0.15) is 44.9 Å². The van der Waals surface area contributed by atoms with Crippen LogP contribution in [-0.2, 0) is 14.8 Å². The molecule has 0 spiro atoms. The van der Waals surface area contributed by atoms with Crippen LogP contribution in [0.3, 0.4) is 0 Å². The molecule has 0 bridgehead atoms. The van der Waals surface area contributed by atoms with Crippen LogP contribution in [0.15, 0.2) is 29.2 Å². The van der Waals surface area contributed by atoms with Gasteiger partial charge in [-0.05, 0) is 55.9 Å². The molecular formula is C22H32FN3O3S. The van der Waals surface area contributed by atoms with Crippen LogP contribution in [0, 0.1) is 11.7 Å². The van der Waals surface area contributed by atoms with Crippen LogP contribution < -0.4 is 0 Å². The number of nitrogens with zero attached hydrogens (tertiary/aromatic N) is 3.